The van der Waals surface area contributed by atoms with Gasteiger partial charge in [-0.1, -0.05) is 49.7 Å². The van der Waals surface area contributed by atoms with Gasteiger partial charge in [0.2, 0.25) is 5.91 Å². The molecule has 6 nitrogen and oxygen atoms in total. The normalized spacial score (nSPS) is 22.9. The Hall–Kier alpha value is -3.80. The van der Waals surface area contributed by atoms with Crippen molar-refractivity contribution in [3.8, 4) is 5.69 Å². The first-order chi connectivity index (χ1) is 19.3. The van der Waals surface area contributed by atoms with Gasteiger partial charge >= 0.3 is 0 Å². The molecule has 1 aliphatic heterocycles. The third kappa shape index (κ3) is 4.53. The van der Waals surface area contributed by atoms with Crippen LogP contribution in [0.1, 0.15) is 73.6 Å². The first-order valence-corrected chi connectivity index (χ1v) is 14.8. The van der Waals surface area contributed by atoms with Gasteiger partial charge < -0.3 is 19.4 Å². The summed E-state index contributed by atoms with van der Waals surface area (Å²) in [5.41, 5.74) is 4.88. The summed E-state index contributed by atoms with van der Waals surface area (Å²) in [5, 5.41) is 4.40. The van der Waals surface area contributed by atoms with E-state index in [2.05, 4.69) is 73.1 Å². The summed E-state index contributed by atoms with van der Waals surface area (Å²) in [5.74, 6) is 0.526. The zero-order valence-corrected chi connectivity index (χ0v) is 24.1. The predicted molar refractivity (Wildman–Crippen MR) is 160 cm³/mol. The van der Waals surface area contributed by atoms with Crippen LogP contribution in [0.15, 0.2) is 67.0 Å². The molecule has 0 saturated heterocycles. The van der Waals surface area contributed by atoms with Crippen molar-refractivity contribution in [3.63, 3.8) is 0 Å². The zero-order valence-electron chi connectivity index (χ0n) is 24.1. The molecule has 6 heteroatoms. The highest BCUT2D eigenvalue weighted by atomic mass is 16.2. The molecule has 1 N–H and O–H groups in total. The molecule has 0 bridgehead atoms. The predicted octanol–water partition coefficient (Wildman–Crippen LogP) is 6.41. The molecule has 1 saturated carbocycles. The van der Waals surface area contributed by atoms with Gasteiger partial charge in [-0.25, -0.2) is 0 Å². The molecule has 1 fully saturated rings. The number of carbonyl (C=O) groups excluding carboxylic acids is 2. The number of hydrogen-bond donors (Lipinski definition) is 1. The molecule has 2 aromatic heterocycles. The van der Waals surface area contributed by atoms with Gasteiger partial charge in [-0.05, 0) is 87.3 Å². The Labute approximate surface area is 237 Å². The van der Waals surface area contributed by atoms with Crippen LogP contribution in [-0.2, 0) is 24.3 Å². The second kappa shape index (κ2) is 10.3. The minimum atomic E-state index is -1.04. The summed E-state index contributed by atoms with van der Waals surface area (Å²) in [4.78, 5) is 30.7. The molecule has 208 valence electrons. The summed E-state index contributed by atoms with van der Waals surface area (Å²) in [7, 11) is 0. The van der Waals surface area contributed by atoms with Crippen LogP contribution in [0.25, 0.3) is 16.6 Å². The van der Waals surface area contributed by atoms with Crippen LogP contribution in [0.5, 0.6) is 0 Å². The number of rotatable bonds is 6. The second-order valence-corrected chi connectivity index (χ2v) is 12.2. The summed E-state index contributed by atoms with van der Waals surface area (Å²) in [6.07, 6.45) is 9.17. The van der Waals surface area contributed by atoms with Gasteiger partial charge in [-0.2, -0.15) is 0 Å². The summed E-state index contributed by atoms with van der Waals surface area (Å²) in [6, 6.07) is 18.9. The summed E-state index contributed by atoms with van der Waals surface area (Å²) in [6.45, 7) is 9.22. The Bertz CT molecular complexity index is 1540. The van der Waals surface area contributed by atoms with E-state index in [1.807, 2.05) is 40.9 Å². The Balaban J connectivity index is 1.47. The number of hydrogen-bond acceptors (Lipinski definition) is 2. The molecule has 2 amide bonds. The molecule has 2 aliphatic rings. The van der Waals surface area contributed by atoms with Gasteiger partial charge in [0, 0.05) is 30.4 Å². The molecule has 0 spiro atoms. The van der Waals surface area contributed by atoms with E-state index in [9.17, 15) is 9.59 Å². The monoisotopic (exact) mass is 536 g/mol. The lowest BCUT2D eigenvalue weighted by atomic mass is 9.86. The summed E-state index contributed by atoms with van der Waals surface area (Å²) < 4.78 is 4.12. The molecule has 1 aliphatic carbocycles. The molecule has 1 atom stereocenters. The number of aryl methyl sites for hydroxylation is 2. The quantitative estimate of drug-likeness (QED) is 0.309. The number of aromatic nitrogens is 2. The number of nitrogens with one attached hydrogen (secondary N) is 1. The lowest BCUT2D eigenvalue weighted by Gasteiger charge is -2.45. The van der Waals surface area contributed by atoms with Crippen molar-refractivity contribution in [1.82, 2.24) is 19.4 Å². The smallest absolute Gasteiger partial charge is 0.273 e. The minimum absolute atomic E-state index is 0.0623. The molecular weight excluding hydrogens is 496 g/mol. The molecule has 3 heterocycles. The van der Waals surface area contributed by atoms with Crippen molar-refractivity contribution in [2.45, 2.75) is 84.5 Å². The van der Waals surface area contributed by atoms with Crippen molar-refractivity contribution < 1.29 is 9.59 Å². The molecular formula is C34H40N4O2. The molecule has 2 aromatic carbocycles. The molecule has 6 rings (SSSR count). The van der Waals surface area contributed by atoms with E-state index in [4.69, 9.17) is 0 Å². The SMILES string of the molecule is CCc1ccc(CN2C(=O)c3c(-n4cccc4)c4cc(C)ccc4n3C[C@]2(C)C(=O)NC2CCC(C)CC2)cc1. The van der Waals surface area contributed by atoms with E-state index in [1.54, 1.807) is 0 Å². The van der Waals surface area contributed by atoms with E-state index >= 15 is 0 Å². The first kappa shape index (κ1) is 26.4. The standard InChI is InChI=1S/C34H40N4O2/c1-5-25-11-13-26(14-12-25)21-38-32(39)31-30(36-18-6-7-19-36)28-20-24(3)10-17-29(28)37(31)22-34(38,4)33(40)35-27-15-8-23(2)9-16-27/h6-7,10-14,17-20,23,27H,5,8-9,15-16,21-22H2,1-4H3,(H,35,40)/t23?,27?,34-/m1/s1. The van der Waals surface area contributed by atoms with Gasteiger partial charge in [0.1, 0.15) is 11.2 Å². The van der Waals surface area contributed by atoms with Crippen molar-refractivity contribution in [2.24, 2.45) is 5.92 Å². The van der Waals surface area contributed by atoms with E-state index in [0.717, 1.165) is 59.8 Å². The Morgan fingerprint density at radius 1 is 1.00 bits per heavy atom. The topological polar surface area (TPSA) is 59.3 Å². The number of fused-ring (bicyclic) bond motifs is 3. The van der Waals surface area contributed by atoms with E-state index in [1.165, 1.54) is 5.56 Å². The van der Waals surface area contributed by atoms with E-state index < -0.39 is 5.54 Å². The Kier molecular flexibility index (Phi) is 6.81. The Morgan fingerprint density at radius 2 is 1.68 bits per heavy atom. The van der Waals surface area contributed by atoms with Crippen LogP contribution in [0.3, 0.4) is 0 Å². The van der Waals surface area contributed by atoms with Crippen molar-refractivity contribution in [3.05, 3.63) is 89.4 Å². The van der Waals surface area contributed by atoms with Gasteiger partial charge in [0.05, 0.1) is 17.7 Å². The maximum absolute atomic E-state index is 14.7. The fourth-order valence-electron chi connectivity index (χ4n) is 6.57. The number of benzene rings is 2. The molecule has 40 heavy (non-hydrogen) atoms. The number of carbonyl (C=O) groups is 2. The van der Waals surface area contributed by atoms with Crippen LogP contribution in [-0.4, -0.2) is 37.4 Å². The number of amides is 2. The average molecular weight is 537 g/mol. The molecule has 0 radical (unpaired) electrons. The van der Waals surface area contributed by atoms with Gasteiger partial charge in [0.15, 0.2) is 0 Å². The molecule has 0 unspecified atom stereocenters. The fraction of sp³-hybridized carbons (Fsp3) is 0.412. The zero-order chi connectivity index (χ0) is 28.0. The van der Waals surface area contributed by atoms with E-state index in [0.29, 0.717) is 24.7 Å². The van der Waals surface area contributed by atoms with Crippen LogP contribution in [0, 0.1) is 12.8 Å². The van der Waals surface area contributed by atoms with Crippen LogP contribution < -0.4 is 5.32 Å². The van der Waals surface area contributed by atoms with Crippen molar-refractivity contribution >= 4 is 22.7 Å². The van der Waals surface area contributed by atoms with Gasteiger partial charge in [0.25, 0.3) is 5.91 Å². The van der Waals surface area contributed by atoms with Crippen molar-refractivity contribution in [1.29, 1.82) is 0 Å². The highest BCUT2D eigenvalue weighted by molar-refractivity contribution is 6.09. The van der Waals surface area contributed by atoms with Crippen LogP contribution >= 0.6 is 0 Å². The Morgan fingerprint density at radius 3 is 2.35 bits per heavy atom. The molecule has 4 aromatic rings. The lowest BCUT2D eigenvalue weighted by Crippen LogP contribution is -2.64. The van der Waals surface area contributed by atoms with Crippen molar-refractivity contribution in [2.75, 3.05) is 0 Å². The fourth-order valence-corrected chi connectivity index (χ4v) is 6.57. The lowest BCUT2D eigenvalue weighted by molar-refractivity contribution is -0.134. The highest BCUT2D eigenvalue weighted by Crippen LogP contribution is 2.39. The van der Waals surface area contributed by atoms with Crippen LogP contribution in [0.4, 0.5) is 0 Å². The van der Waals surface area contributed by atoms with Gasteiger partial charge in [-0.15, -0.1) is 0 Å². The van der Waals surface area contributed by atoms with Crippen LogP contribution in [0.2, 0.25) is 0 Å². The minimum Gasteiger partial charge on any atom is -0.351 e. The third-order valence-electron chi connectivity index (χ3n) is 9.18. The third-order valence-corrected chi connectivity index (χ3v) is 9.18. The largest absolute Gasteiger partial charge is 0.351 e. The summed E-state index contributed by atoms with van der Waals surface area (Å²) >= 11 is 0. The second-order valence-electron chi connectivity index (χ2n) is 12.2. The van der Waals surface area contributed by atoms with Gasteiger partial charge in [-0.3, -0.25) is 9.59 Å². The maximum Gasteiger partial charge on any atom is 0.273 e. The number of nitrogens with zero attached hydrogens (tertiary/aromatic N) is 3. The average Bonchev–Trinajstić information content (AvgIpc) is 3.58. The van der Waals surface area contributed by atoms with E-state index in [-0.39, 0.29) is 17.9 Å². The maximum atomic E-state index is 14.7. The highest BCUT2D eigenvalue weighted by Gasteiger charge is 2.49. The first-order valence-electron chi connectivity index (χ1n) is 14.8.